The molecular weight excluding hydrogens is 342 g/mol. The van der Waals surface area contributed by atoms with Crippen molar-refractivity contribution >= 4 is 79.5 Å². The number of benzene rings is 1. The van der Waals surface area contributed by atoms with E-state index in [9.17, 15) is 8.42 Å². The van der Waals surface area contributed by atoms with Crippen LogP contribution in [0.3, 0.4) is 0 Å². The maximum Gasteiger partial charge on any atom is 0.138 e. The second-order valence-electron chi connectivity index (χ2n) is 3.63. The van der Waals surface area contributed by atoms with Crippen molar-refractivity contribution in [3.8, 4) is 0 Å². The predicted molar refractivity (Wildman–Crippen MR) is 96.7 cm³/mol. The van der Waals surface area contributed by atoms with Crippen molar-refractivity contribution in [1.29, 1.82) is 0 Å². The Balaban J connectivity index is 3.51. The van der Waals surface area contributed by atoms with Crippen LogP contribution in [0, 0.1) is 6.92 Å². The Bertz CT molecular complexity index is 536. The molecule has 6 atom stereocenters. The molecule has 0 bridgehead atoms. The highest BCUT2D eigenvalue weighted by Gasteiger charge is 2.19. The molecule has 0 heterocycles. The zero-order valence-electron chi connectivity index (χ0n) is 10.4. The molecule has 0 fully saturated rings. The van der Waals surface area contributed by atoms with Gasteiger partial charge in [0.15, 0.2) is 0 Å². The molecule has 0 aliphatic rings. The molecule has 9 heteroatoms. The molecule has 1 aromatic carbocycles. The van der Waals surface area contributed by atoms with E-state index >= 15 is 0 Å². The van der Waals surface area contributed by atoms with Gasteiger partial charge in [-0.05, 0) is 40.4 Å². The summed E-state index contributed by atoms with van der Waals surface area (Å²) in [6, 6.07) is 0. The van der Waals surface area contributed by atoms with Crippen LogP contribution in [0.2, 0.25) is 0 Å². The standard InChI is InChI=1S/C9H17NO2P4S2/c1-4-5(13)7(15)9(8(16-2)6(4)14)18(12)10-17(3)11/h10,16H,13-15H2,1-3H3. The van der Waals surface area contributed by atoms with Crippen LogP contribution in [0.25, 0.3) is 0 Å². The van der Waals surface area contributed by atoms with E-state index in [1.165, 1.54) is 6.26 Å². The lowest BCUT2D eigenvalue weighted by atomic mass is 10.2. The van der Waals surface area contributed by atoms with Crippen molar-refractivity contribution in [2.24, 2.45) is 0 Å². The van der Waals surface area contributed by atoms with Crippen LogP contribution in [0.15, 0.2) is 4.90 Å². The van der Waals surface area contributed by atoms with E-state index in [0.29, 0.717) is 8.58 Å². The summed E-state index contributed by atoms with van der Waals surface area (Å²) in [5.74, 6) is 0. The van der Waals surface area contributed by atoms with Gasteiger partial charge in [-0.25, -0.2) is 8.42 Å². The second-order valence-corrected chi connectivity index (χ2v) is 8.88. The third-order valence-corrected chi connectivity index (χ3v) is 8.90. The topological polar surface area (TPSA) is 46.2 Å². The van der Waals surface area contributed by atoms with Crippen LogP contribution < -0.4 is 25.3 Å². The molecule has 1 N–H and O–H groups in total. The van der Waals surface area contributed by atoms with Crippen LogP contribution in [0.4, 0.5) is 0 Å². The van der Waals surface area contributed by atoms with Crippen molar-refractivity contribution in [2.75, 3.05) is 12.9 Å². The van der Waals surface area contributed by atoms with Gasteiger partial charge in [0.05, 0.1) is 4.90 Å². The maximum atomic E-state index is 12.3. The lowest BCUT2D eigenvalue weighted by Gasteiger charge is -2.18. The van der Waals surface area contributed by atoms with Crippen molar-refractivity contribution in [3.05, 3.63) is 5.56 Å². The minimum Gasteiger partial charge on any atom is -0.242 e. The third kappa shape index (κ3) is 3.64. The van der Waals surface area contributed by atoms with E-state index in [1.807, 2.05) is 6.92 Å². The smallest absolute Gasteiger partial charge is 0.138 e. The first-order chi connectivity index (χ1) is 8.31. The van der Waals surface area contributed by atoms with Gasteiger partial charge in [0, 0.05) is 6.26 Å². The molecule has 0 aromatic heterocycles. The van der Waals surface area contributed by atoms with Crippen LogP contribution in [0.5, 0.6) is 0 Å². The number of hydrogen-bond donors (Lipinski definition) is 1. The Hall–Kier alpha value is 1.20. The van der Waals surface area contributed by atoms with Gasteiger partial charge in [-0.3, -0.25) is 0 Å². The normalized spacial score (nSPS) is 15.2. The van der Waals surface area contributed by atoms with Gasteiger partial charge in [-0.2, -0.15) is 4.13 Å². The monoisotopic (exact) mass is 359 g/mol. The molecule has 18 heavy (non-hydrogen) atoms. The van der Waals surface area contributed by atoms with Crippen molar-refractivity contribution in [3.63, 3.8) is 0 Å². The summed E-state index contributed by atoms with van der Waals surface area (Å²) in [6.07, 6.45) is 1.48. The molecular formula is C9H17NO2P4S2. The predicted octanol–water partition coefficient (Wildman–Crippen LogP) is -0.664. The zero-order chi connectivity index (χ0) is 14.0. The Morgan fingerprint density at radius 3 is 2.11 bits per heavy atom. The fourth-order valence-corrected chi connectivity index (χ4v) is 6.93. The third-order valence-electron chi connectivity index (χ3n) is 2.47. The summed E-state index contributed by atoms with van der Waals surface area (Å²) in [6.45, 7) is 4.10. The molecule has 1 aromatic rings. The molecule has 0 aliphatic carbocycles. The average molecular weight is 359 g/mol. The molecule has 0 aliphatic heterocycles. The minimum absolute atomic E-state index is 0.531. The van der Waals surface area contributed by atoms with Crippen molar-refractivity contribution < 1.29 is 8.42 Å². The summed E-state index contributed by atoms with van der Waals surface area (Å²) >= 11 is 0. The average Bonchev–Trinajstić information content (AvgIpc) is 2.29. The molecule has 102 valence electrons. The first-order valence-electron chi connectivity index (χ1n) is 4.97. The van der Waals surface area contributed by atoms with Crippen LogP contribution in [-0.2, 0) is 22.0 Å². The highest BCUT2D eigenvalue weighted by molar-refractivity contribution is 7.98. The van der Waals surface area contributed by atoms with E-state index in [2.05, 4.69) is 38.5 Å². The fourth-order valence-electron chi connectivity index (χ4n) is 1.50. The van der Waals surface area contributed by atoms with Crippen molar-refractivity contribution in [2.45, 2.75) is 11.8 Å². The van der Waals surface area contributed by atoms with E-state index < -0.39 is 22.0 Å². The summed E-state index contributed by atoms with van der Waals surface area (Å²) in [5.41, 5.74) is 1.16. The molecule has 1 rings (SSSR count). The van der Waals surface area contributed by atoms with Gasteiger partial charge < -0.3 is 0 Å². The van der Waals surface area contributed by atoms with Crippen LogP contribution in [0.1, 0.15) is 5.56 Å². The molecule has 3 nitrogen and oxygen atoms in total. The van der Waals surface area contributed by atoms with Gasteiger partial charge in [0.2, 0.25) is 0 Å². The summed E-state index contributed by atoms with van der Waals surface area (Å²) in [5, 5.41) is 4.08. The summed E-state index contributed by atoms with van der Waals surface area (Å²) < 4.78 is 26.0. The molecule has 0 radical (unpaired) electrons. The Morgan fingerprint density at radius 2 is 1.67 bits per heavy atom. The SMILES string of the molecule is CPc1c(P)c(C)c(P)c(P)c1S(=O)NS(C)=O. The molecule has 0 saturated heterocycles. The Labute approximate surface area is 122 Å². The van der Waals surface area contributed by atoms with Crippen molar-refractivity contribution in [1.82, 2.24) is 4.13 Å². The van der Waals surface area contributed by atoms with E-state index in [0.717, 1.165) is 31.7 Å². The van der Waals surface area contributed by atoms with Gasteiger partial charge in [-0.1, -0.05) is 8.58 Å². The zero-order valence-corrected chi connectivity index (χ0v) is 16.5. The van der Waals surface area contributed by atoms with E-state index in [4.69, 9.17) is 0 Å². The molecule has 0 spiro atoms. The Morgan fingerprint density at radius 1 is 1.11 bits per heavy atom. The lowest BCUT2D eigenvalue weighted by Crippen LogP contribution is -2.38. The van der Waals surface area contributed by atoms with E-state index in [-0.39, 0.29) is 0 Å². The maximum absolute atomic E-state index is 12.3. The minimum atomic E-state index is -1.46. The number of hydrogen-bond acceptors (Lipinski definition) is 2. The number of nitrogens with one attached hydrogen (secondary N) is 1. The highest BCUT2D eigenvalue weighted by Crippen LogP contribution is 2.15. The quantitative estimate of drug-likeness (QED) is 0.726. The van der Waals surface area contributed by atoms with Crippen LogP contribution >= 0.6 is 36.3 Å². The Kier molecular flexibility index (Phi) is 6.98. The van der Waals surface area contributed by atoms with E-state index in [1.54, 1.807) is 0 Å². The van der Waals surface area contributed by atoms with Gasteiger partial charge in [-0.15, -0.1) is 27.7 Å². The summed E-state index contributed by atoms with van der Waals surface area (Å²) in [4.78, 5) is 0.733. The summed E-state index contributed by atoms with van der Waals surface area (Å²) in [7, 11) is 5.80. The first-order valence-corrected chi connectivity index (χ1v) is 10.9. The first kappa shape index (κ1) is 17.3. The lowest BCUT2D eigenvalue weighted by molar-refractivity contribution is 0.674. The highest BCUT2D eigenvalue weighted by atomic mass is 32.3. The largest absolute Gasteiger partial charge is 0.242 e. The molecule has 0 saturated carbocycles. The molecule has 6 unspecified atom stereocenters. The van der Waals surface area contributed by atoms with Crippen LogP contribution in [-0.4, -0.2) is 21.3 Å². The molecule has 0 amide bonds. The second kappa shape index (κ2) is 7.28. The van der Waals surface area contributed by atoms with Gasteiger partial charge in [0.1, 0.15) is 22.0 Å². The van der Waals surface area contributed by atoms with Gasteiger partial charge >= 0.3 is 0 Å². The fraction of sp³-hybridized carbons (Fsp3) is 0.333. The number of rotatable bonds is 4. The van der Waals surface area contributed by atoms with Gasteiger partial charge in [0.25, 0.3) is 0 Å².